The number of thiophene rings is 1. The molecule has 0 spiro atoms. The summed E-state index contributed by atoms with van der Waals surface area (Å²) in [4.78, 5) is 0. The molecule has 0 amide bonds. The van der Waals surface area contributed by atoms with Gasteiger partial charge in [-0.2, -0.15) is 11.3 Å². The molecule has 2 rings (SSSR count). The minimum absolute atomic E-state index is 0.847. The third-order valence-electron chi connectivity index (χ3n) is 3.04. The molecule has 1 aliphatic rings. The van der Waals surface area contributed by atoms with Crippen LogP contribution in [0.2, 0.25) is 0 Å². The predicted molar refractivity (Wildman–Crippen MR) is 72.0 cm³/mol. The standard InChI is InChI=1S/C14H21NS/c1-12(3-2-9-15-14-6-7-14)4-5-13-8-10-16-11-13/h3,8,10-11,14-15H,2,4-7,9H2,1H3. The largest absolute Gasteiger partial charge is 0.314 e. The van der Waals surface area contributed by atoms with Crippen molar-refractivity contribution in [2.45, 2.75) is 45.1 Å². The Morgan fingerprint density at radius 3 is 3.12 bits per heavy atom. The van der Waals surface area contributed by atoms with Crippen LogP contribution in [0.1, 0.15) is 38.2 Å². The van der Waals surface area contributed by atoms with E-state index in [1.54, 1.807) is 11.3 Å². The van der Waals surface area contributed by atoms with E-state index in [-0.39, 0.29) is 0 Å². The molecule has 1 N–H and O–H groups in total. The molecule has 1 fully saturated rings. The Hall–Kier alpha value is -0.600. The Morgan fingerprint density at radius 2 is 2.44 bits per heavy atom. The second-order valence-electron chi connectivity index (χ2n) is 4.70. The van der Waals surface area contributed by atoms with E-state index in [9.17, 15) is 0 Å². The van der Waals surface area contributed by atoms with E-state index in [0.717, 1.165) is 12.6 Å². The number of allylic oxidation sites excluding steroid dienone is 1. The van der Waals surface area contributed by atoms with Crippen LogP contribution < -0.4 is 5.32 Å². The van der Waals surface area contributed by atoms with E-state index in [2.05, 4.69) is 35.1 Å². The average Bonchev–Trinajstić information content (AvgIpc) is 2.96. The summed E-state index contributed by atoms with van der Waals surface area (Å²) < 4.78 is 0. The second-order valence-corrected chi connectivity index (χ2v) is 5.48. The first-order chi connectivity index (χ1) is 7.84. The molecular formula is C14H21NS. The molecule has 0 unspecified atom stereocenters. The fourth-order valence-electron chi connectivity index (χ4n) is 1.77. The van der Waals surface area contributed by atoms with Gasteiger partial charge in [-0.1, -0.05) is 11.6 Å². The van der Waals surface area contributed by atoms with Crippen LogP contribution >= 0.6 is 11.3 Å². The molecule has 1 aliphatic carbocycles. The minimum Gasteiger partial charge on any atom is -0.314 e. The number of hydrogen-bond acceptors (Lipinski definition) is 2. The van der Waals surface area contributed by atoms with Crippen molar-refractivity contribution in [1.82, 2.24) is 5.32 Å². The van der Waals surface area contributed by atoms with Crippen molar-refractivity contribution >= 4 is 11.3 Å². The lowest BCUT2D eigenvalue weighted by atomic mass is 10.1. The van der Waals surface area contributed by atoms with Gasteiger partial charge < -0.3 is 5.32 Å². The summed E-state index contributed by atoms with van der Waals surface area (Å²) in [7, 11) is 0. The monoisotopic (exact) mass is 235 g/mol. The molecule has 2 heteroatoms. The summed E-state index contributed by atoms with van der Waals surface area (Å²) in [5.74, 6) is 0. The zero-order chi connectivity index (χ0) is 11.2. The lowest BCUT2D eigenvalue weighted by Crippen LogP contribution is -2.16. The van der Waals surface area contributed by atoms with Gasteiger partial charge in [0, 0.05) is 6.04 Å². The molecule has 1 aromatic rings. The predicted octanol–water partition coefficient (Wildman–Crippen LogP) is 3.77. The highest BCUT2D eigenvalue weighted by atomic mass is 32.1. The Balaban J connectivity index is 1.58. The van der Waals surface area contributed by atoms with Gasteiger partial charge in [0.05, 0.1) is 0 Å². The maximum Gasteiger partial charge on any atom is 0.00683 e. The van der Waals surface area contributed by atoms with Crippen LogP contribution in [0.15, 0.2) is 28.5 Å². The number of nitrogens with one attached hydrogen (secondary N) is 1. The highest BCUT2D eigenvalue weighted by Gasteiger charge is 2.19. The van der Waals surface area contributed by atoms with Crippen molar-refractivity contribution in [1.29, 1.82) is 0 Å². The Labute approximate surface area is 103 Å². The van der Waals surface area contributed by atoms with Crippen molar-refractivity contribution < 1.29 is 0 Å². The van der Waals surface area contributed by atoms with Gasteiger partial charge in [-0.3, -0.25) is 0 Å². The molecule has 0 aromatic carbocycles. The maximum atomic E-state index is 3.54. The van der Waals surface area contributed by atoms with Crippen LogP contribution in [0.25, 0.3) is 0 Å². The Bertz CT molecular complexity index is 323. The highest BCUT2D eigenvalue weighted by molar-refractivity contribution is 7.07. The van der Waals surface area contributed by atoms with Crippen molar-refractivity contribution in [3.05, 3.63) is 34.0 Å². The smallest absolute Gasteiger partial charge is 0.00683 e. The Morgan fingerprint density at radius 1 is 1.56 bits per heavy atom. The van der Waals surface area contributed by atoms with Gasteiger partial charge in [0.15, 0.2) is 0 Å². The summed E-state index contributed by atoms with van der Waals surface area (Å²) in [6.07, 6.45) is 8.76. The van der Waals surface area contributed by atoms with Gasteiger partial charge in [0.1, 0.15) is 0 Å². The van der Waals surface area contributed by atoms with Gasteiger partial charge >= 0.3 is 0 Å². The third-order valence-corrected chi connectivity index (χ3v) is 3.77. The van der Waals surface area contributed by atoms with E-state index in [4.69, 9.17) is 0 Å². The minimum atomic E-state index is 0.847. The van der Waals surface area contributed by atoms with E-state index >= 15 is 0 Å². The fourth-order valence-corrected chi connectivity index (χ4v) is 2.48. The van der Waals surface area contributed by atoms with Gasteiger partial charge in [-0.05, 0) is 68.0 Å². The van der Waals surface area contributed by atoms with E-state index in [0.29, 0.717) is 0 Å². The zero-order valence-corrected chi connectivity index (χ0v) is 10.9. The maximum absolute atomic E-state index is 3.54. The second kappa shape index (κ2) is 6.21. The van der Waals surface area contributed by atoms with Crippen LogP contribution in [-0.2, 0) is 6.42 Å². The van der Waals surface area contributed by atoms with Crippen LogP contribution in [-0.4, -0.2) is 12.6 Å². The number of hydrogen-bond donors (Lipinski definition) is 1. The third kappa shape index (κ3) is 4.50. The zero-order valence-electron chi connectivity index (χ0n) is 10.0. The lowest BCUT2D eigenvalue weighted by molar-refractivity contribution is 0.687. The molecule has 88 valence electrons. The van der Waals surface area contributed by atoms with Gasteiger partial charge in [-0.15, -0.1) is 0 Å². The van der Waals surface area contributed by atoms with Crippen molar-refractivity contribution in [3.63, 3.8) is 0 Å². The van der Waals surface area contributed by atoms with Crippen LogP contribution in [0.5, 0.6) is 0 Å². The summed E-state index contributed by atoms with van der Waals surface area (Å²) in [5, 5.41) is 7.95. The number of aryl methyl sites for hydroxylation is 1. The van der Waals surface area contributed by atoms with E-state index < -0.39 is 0 Å². The lowest BCUT2D eigenvalue weighted by Gasteiger charge is -2.02. The SMILES string of the molecule is CC(=CCCNC1CC1)CCc1ccsc1. The Kier molecular flexibility index (Phi) is 4.61. The molecule has 1 saturated carbocycles. The summed E-state index contributed by atoms with van der Waals surface area (Å²) in [6.45, 7) is 3.41. The molecular weight excluding hydrogens is 214 g/mol. The molecule has 1 aromatic heterocycles. The first-order valence-electron chi connectivity index (χ1n) is 6.24. The summed E-state index contributed by atoms with van der Waals surface area (Å²) >= 11 is 1.79. The van der Waals surface area contributed by atoms with Crippen LogP contribution in [0.3, 0.4) is 0 Å². The van der Waals surface area contributed by atoms with Crippen LogP contribution in [0, 0.1) is 0 Å². The van der Waals surface area contributed by atoms with Crippen molar-refractivity contribution in [3.8, 4) is 0 Å². The van der Waals surface area contributed by atoms with E-state index in [1.807, 2.05) is 0 Å². The average molecular weight is 235 g/mol. The molecule has 0 radical (unpaired) electrons. The fraction of sp³-hybridized carbons (Fsp3) is 0.571. The first-order valence-corrected chi connectivity index (χ1v) is 7.19. The quantitative estimate of drug-likeness (QED) is 0.560. The molecule has 1 nitrogen and oxygen atoms in total. The summed E-state index contributed by atoms with van der Waals surface area (Å²) in [5.41, 5.74) is 3.01. The first kappa shape index (κ1) is 11.9. The van der Waals surface area contributed by atoms with E-state index in [1.165, 1.54) is 43.2 Å². The van der Waals surface area contributed by atoms with Crippen molar-refractivity contribution in [2.24, 2.45) is 0 Å². The van der Waals surface area contributed by atoms with Gasteiger partial charge in [0.25, 0.3) is 0 Å². The highest BCUT2D eigenvalue weighted by Crippen LogP contribution is 2.18. The molecule has 16 heavy (non-hydrogen) atoms. The van der Waals surface area contributed by atoms with Crippen LogP contribution in [0.4, 0.5) is 0 Å². The van der Waals surface area contributed by atoms with Gasteiger partial charge in [0.2, 0.25) is 0 Å². The number of rotatable bonds is 7. The molecule has 0 aliphatic heterocycles. The summed E-state index contributed by atoms with van der Waals surface area (Å²) in [6, 6.07) is 3.08. The van der Waals surface area contributed by atoms with Gasteiger partial charge in [-0.25, -0.2) is 0 Å². The molecule has 0 saturated heterocycles. The topological polar surface area (TPSA) is 12.0 Å². The molecule has 0 atom stereocenters. The molecule has 1 heterocycles. The normalized spacial score (nSPS) is 16.7. The molecule has 0 bridgehead atoms. The van der Waals surface area contributed by atoms with Crippen molar-refractivity contribution in [2.75, 3.05) is 6.54 Å².